The Labute approximate surface area is 168 Å². The van der Waals surface area contributed by atoms with Crippen molar-refractivity contribution in [3.63, 3.8) is 0 Å². The SMILES string of the molecule is CCn1ccc(C(=O)N(CCN2CCOCC2)c2nc3ccc(C)cc3s2)n1. The van der Waals surface area contributed by atoms with Crippen molar-refractivity contribution in [2.75, 3.05) is 44.3 Å². The summed E-state index contributed by atoms with van der Waals surface area (Å²) >= 11 is 1.56. The van der Waals surface area contributed by atoms with E-state index in [1.807, 2.05) is 19.2 Å². The van der Waals surface area contributed by atoms with E-state index in [1.54, 1.807) is 27.0 Å². The first-order valence-corrected chi connectivity index (χ1v) is 10.5. The van der Waals surface area contributed by atoms with Crippen LogP contribution >= 0.6 is 11.3 Å². The smallest absolute Gasteiger partial charge is 0.280 e. The summed E-state index contributed by atoms with van der Waals surface area (Å²) in [5, 5.41) is 5.13. The standard InChI is InChI=1S/C20H25N5O2S/c1-3-24-7-6-17(22-24)19(26)25(9-8-23-10-12-27-13-11-23)20-21-16-5-4-15(2)14-18(16)28-20/h4-7,14H,3,8-13H2,1-2H3. The second-order valence-corrected chi connectivity index (χ2v) is 7.94. The molecule has 0 spiro atoms. The molecule has 0 atom stereocenters. The van der Waals surface area contributed by atoms with E-state index in [1.165, 1.54) is 5.56 Å². The predicted molar refractivity (Wildman–Crippen MR) is 111 cm³/mol. The van der Waals surface area contributed by atoms with Crippen molar-refractivity contribution in [1.82, 2.24) is 19.7 Å². The van der Waals surface area contributed by atoms with Gasteiger partial charge >= 0.3 is 0 Å². The lowest BCUT2D eigenvalue weighted by molar-refractivity contribution is 0.0391. The number of thiazole rings is 1. The predicted octanol–water partition coefficient (Wildman–Crippen LogP) is 2.80. The zero-order valence-electron chi connectivity index (χ0n) is 16.3. The molecule has 1 aromatic carbocycles. The molecule has 0 aliphatic carbocycles. The van der Waals surface area contributed by atoms with Gasteiger partial charge in [-0.05, 0) is 37.6 Å². The number of morpholine rings is 1. The van der Waals surface area contributed by atoms with Crippen molar-refractivity contribution < 1.29 is 9.53 Å². The van der Waals surface area contributed by atoms with Gasteiger partial charge in [-0.3, -0.25) is 19.3 Å². The van der Waals surface area contributed by atoms with Gasteiger partial charge in [0.05, 0.1) is 23.4 Å². The zero-order chi connectivity index (χ0) is 19.5. The van der Waals surface area contributed by atoms with E-state index >= 15 is 0 Å². The Balaban J connectivity index is 1.61. The summed E-state index contributed by atoms with van der Waals surface area (Å²) in [6.45, 7) is 9.46. The van der Waals surface area contributed by atoms with Crippen LogP contribution < -0.4 is 4.90 Å². The summed E-state index contributed by atoms with van der Waals surface area (Å²) in [7, 11) is 0. The molecule has 7 nitrogen and oxygen atoms in total. The van der Waals surface area contributed by atoms with Crippen LogP contribution in [0.2, 0.25) is 0 Å². The number of amides is 1. The molecule has 0 radical (unpaired) electrons. The van der Waals surface area contributed by atoms with Crippen LogP contribution in [0.3, 0.4) is 0 Å². The summed E-state index contributed by atoms with van der Waals surface area (Å²) in [5.74, 6) is -0.101. The summed E-state index contributed by atoms with van der Waals surface area (Å²) in [6, 6.07) is 7.97. The van der Waals surface area contributed by atoms with Gasteiger partial charge in [-0.1, -0.05) is 17.4 Å². The Hall–Kier alpha value is -2.29. The van der Waals surface area contributed by atoms with Gasteiger partial charge < -0.3 is 4.74 Å². The minimum absolute atomic E-state index is 0.101. The summed E-state index contributed by atoms with van der Waals surface area (Å²) in [4.78, 5) is 22.1. The largest absolute Gasteiger partial charge is 0.379 e. The molecule has 3 aromatic rings. The molecule has 1 aliphatic rings. The van der Waals surface area contributed by atoms with Gasteiger partial charge in [-0.15, -0.1) is 0 Å². The number of nitrogens with zero attached hydrogens (tertiary/aromatic N) is 5. The fraction of sp³-hybridized carbons (Fsp3) is 0.450. The van der Waals surface area contributed by atoms with Gasteiger partial charge in [0.15, 0.2) is 10.8 Å². The van der Waals surface area contributed by atoms with E-state index in [2.05, 4.69) is 29.1 Å². The zero-order valence-corrected chi connectivity index (χ0v) is 17.1. The Morgan fingerprint density at radius 2 is 2.11 bits per heavy atom. The molecule has 28 heavy (non-hydrogen) atoms. The average Bonchev–Trinajstić information content (AvgIpc) is 3.35. The number of anilines is 1. The molecule has 1 saturated heterocycles. The molecule has 1 aliphatic heterocycles. The van der Waals surface area contributed by atoms with Crippen molar-refractivity contribution >= 4 is 32.6 Å². The highest BCUT2D eigenvalue weighted by molar-refractivity contribution is 7.22. The molecule has 1 fully saturated rings. The molecule has 8 heteroatoms. The third-order valence-electron chi connectivity index (χ3n) is 4.94. The first-order valence-electron chi connectivity index (χ1n) is 9.66. The van der Waals surface area contributed by atoms with Crippen LogP contribution in [-0.4, -0.2) is 65.0 Å². The van der Waals surface area contributed by atoms with Crippen LogP contribution in [0.5, 0.6) is 0 Å². The Morgan fingerprint density at radius 3 is 2.86 bits per heavy atom. The van der Waals surface area contributed by atoms with Crippen molar-refractivity contribution in [1.29, 1.82) is 0 Å². The van der Waals surface area contributed by atoms with Gasteiger partial charge in [0, 0.05) is 38.9 Å². The molecule has 0 saturated carbocycles. The number of fused-ring (bicyclic) bond motifs is 1. The number of hydrogen-bond acceptors (Lipinski definition) is 6. The first-order chi connectivity index (χ1) is 13.6. The Morgan fingerprint density at radius 1 is 1.29 bits per heavy atom. The van der Waals surface area contributed by atoms with Gasteiger partial charge in [0.25, 0.3) is 5.91 Å². The number of ether oxygens (including phenoxy) is 1. The molecular weight excluding hydrogens is 374 g/mol. The number of rotatable bonds is 6. The van der Waals surface area contributed by atoms with Crippen LogP contribution in [0.1, 0.15) is 23.0 Å². The van der Waals surface area contributed by atoms with Crippen LogP contribution in [-0.2, 0) is 11.3 Å². The fourth-order valence-corrected chi connectivity index (χ4v) is 4.36. The maximum absolute atomic E-state index is 13.3. The fourth-order valence-electron chi connectivity index (χ4n) is 3.28. The summed E-state index contributed by atoms with van der Waals surface area (Å²) < 4.78 is 8.30. The third-order valence-corrected chi connectivity index (χ3v) is 5.98. The lowest BCUT2D eigenvalue weighted by Gasteiger charge is -2.29. The molecule has 0 N–H and O–H groups in total. The van der Waals surface area contributed by atoms with Gasteiger partial charge in [-0.25, -0.2) is 4.98 Å². The monoisotopic (exact) mass is 399 g/mol. The molecule has 4 rings (SSSR count). The maximum Gasteiger partial charge on any atom is 0.280 e. The van der Waals surface area contributed by atoms with E-state index in [0.717, 1.165) is 54.7 Å². The number of aryl methyl sites for hydroxylation is 2. The number of hydrogen-bond donors (Lipinski definition) is 0. The van der Waals surface area contributed by atoms with E-state index in [4.69, 9.17) is 9.72 Å². The quantitative estimate of drug-likeness (QED) is 0.638. The van der Waals surface area contributed by atoms with Crippen LogP contribution in [0.25, 0.3) is 10.2 Å². The number of carbonyl (C=O) groups is 1. The topological polar surface area (TPSA) is 63.5 Å². The second kappa shape index (κ2) is 8.38. The van der Waals surface area contributed by atoms with Gasteiger partial charge in [0.1, 0.15) is 0 Å². The molecule has 3 heterocycles. The highest BCUT2D eigenvalue weighted by Crippen LogP contribution is 2.30. The highest BCUT2D eigenvalue weighted by Gasteiger charge is 2.24. The molecule has 2 aromatic heterocycles. The molecule has 0 bridgehead atoms. The lowest BCUT2D eigenvalue weighted by Crippen LogP contribution is -2.43. The number of carbonyl (C=O) groups excluding carboxylic acids is 1. The minimum atomic E-state index is -0.101. The van der Waals surface area contributed by atoms with Gasteiger partial charge in [-0.2, -0.15) is 5.10 Å². The van der Waals surface area contributed by atoms with Crippen molar-refractivity contribution in [2.45, 2.75) is 20.4 Å². The second-order valence-electron chi connectivity index (χ2n) is 6.94. The van der Waals surface area contributed by atoms with Crippen LogP contribution in [0, 0.1) is 6.92 Å². The number of aromatic nitrogens is 3. The van der Waals surface area contributed by atoms with Gasteiger partial charge in [0.2, 0.25) is 0 Å². The first kappa shape index (κ1) is 19.0. The maximum atomic E-state index is 13.3. The van der Waals surface area contributed by atoms with Crippen LogP contribution in [0.15, 0.2) is 30.5 Å². The Bertz CT molecular complexity index is 961. The molecule has 148 valence electrons. The molecule has 1 amide bonds. The molecule has 0 unspecified atom stereocenters. The summed E-state index contributed by atoms with van der Waals surface area (Å²) in [5.41, 5.74) is 2.57. The van der Waals surface area contributed by atoms with E-state index < -0.39 is 0 Å². The minimum Gasteiger partial charge on any atom is -0.379 e. The average molecular weight is 400 g/mol. The number of benzene rings is 1. The van der Waals surface area contributed by atoms with E-state index in [-0.39, 0.29) is 5.91 Å². The van der Waals surface area contributed by atoms with E-state index in [9.17, 15) is 4.79 Å². The van der Waals surface area contributed by atoms with Crippen molar-refractivity contribution in [2.24, 2.45) is 0 Å². The van der Waals surface area contributed by atoms with Crippen molar-refractivity contribution in [3.8, 4) is 0 Å². The lowest BCUT2D eigenvalue weighted by atomic mass is 10.2. The normalized spacial score (nSPS) is 15.2. The van der Waals surface area contributed by atoms with Crippen LogP contribution in [0.4, 0.5) is 5.13 Å². The third kappa shape index (κ3) is 4.09. The molecular formula is C20H25N5O2S. The Kier molecular flexibility index (Phi) is 5.70. The highest BCUT2D eigenvalue weighted by atomic mass is 32.1. The van der Waals surface area contributed by atoms with E-state index in [0.29, 0.717) is 12.2 Å². The summed E-state index contributed by atoms with van der Waals surface area (Å²) in [6.07, 6.45) is 1.84. The van der Waals surface area contributed by atoms with Crippen molar-refractivity contribution in [3.05, 3.63) is 41.7 Å².